The van der Waals surface area contributed by atoms with E-state index in [1.807, 2.05) is 6.92 Å². The first-order valence-corrected chi connectivity index (χ1v) is 8.74. The van der Waals surface area contributed by atoms with Gasteiger partial charge in [-0.05, 0) is 78.1 Å². The fourth-order valence-corrected chi connectivity index (χ4v) is 3.63. The number of nitrogens with one attached hydrogen (secondary N) is 1. The number of rotatable bonds is 8. The summed E-state index contributed by atoms with van der Waals surface area (Å²) in [6.45, 7) is 3.52. The maximum Gasteiger partial charge on any atom is 0.175 e. The lowest BCUT2D eigenvalue weighted by molar-refractivity contribution is 0.308. The maximum atomic E-state index is 5.64. The number of hydrogen-bond acceptors (Lipinski definition) is 3. The summed E-state index contributed by atoms with van der Waals surface area (Å²) in [5.74, 6) is 3.44. The summed E-state index contributed by atoms with van der Waals surface area (Å²) in [5, 5.41) is 3.77. The van der Waals surface area contributed by atoms with E-state index in [9.17, 15) is 0 Å². The molecule has 0 saturated heterocycles. The first kappa shape index (κ1) is 15.2. The Balaban J connectivity index is 1.68. The molecule has 4 heteroatoms. The third kappa shape index (κ3) is 3.72. The zero-order valence-corrected chi connectivity index (χ0v) is 14.4. The summed E-state index contributed by atoms with van der Waals surface area (Å²) >= 11 is 3.60. The van der Waals surface area contributed by atoms with E-state index >= 15 is 0 Å². The molecule has 0 aliphatic heterocycles. The van der Waals surface area contributed by atoms with Gasteiger partial charge in [-0.2, -0.15) is 0 Å². The van der Waals surface area contributed by atoms with Crippen LogP contribution in [0.5, 0.6) is 11.5 Å². The van der Waals surface area contributed by atoms with Crippen molar-refractivity contribution in [3.8, 4) is 11.5 Å². The van der Waals surface area contributed by atoms with Crippen LogP contribution in [-0.4, -0.2) is 19.8 Å². The minimum atomic E-state index is 0.637. The van der Waals surface area contributed by atoms with Gasteiger partial charge in [0.2, 0.25) is 0 Å². The first-order chi connectivity index (χ1) is 10.2. The van der Waals surface area contributed by atoms with E-state index in [4.69, 9.17) is 9.47 Å². The molecule has 0 aromatic heterocycles. The van der Waals surface area contributed by atoms with Gasteiger partial charge in [0.25, 0.3) is 0 Å². The summed E-state index contributed by atoms with van der Waals surface area (Å²) < 4.78 is 12.1. The van der Waals surface area contributed by atoms with E-state index in [1.54, 1.807) is 7.11 Å². The molecule has 2 aliphatic rings. The molecule has 0 heterocycles. The summed E-state index contributed by atoms with van der Waals surface area (Å²) in [6, 6.07) is 4.94. The Morgan fingerprint density at radius 2 is 1.90 bits per heavy atom. The van der Waals surface area contributed by atoms with Crippen LogP contribution in [0.15, 0.2) is 16.6 Å². The third-order valence-electron chi connectivity index (χ3n) is 4.38. The fraction of sp³-hybridized carbons (Fsp3) is 0.647. The first-order valence-electron chi connectivity index (χ1n) is 7.95. The lowest BCUT2D eigenvalue weighted by Gasteiger charge is -2.19. The van der Waals surface area contributed by atoms with Crippen LogP contribution in [0.4, 0.5) is 0 Å². The van der Waals surface area contributed by atoms with Crippen LogP contribution in [0, 0.1) is 11.8 Å². The van der Waals surface area contributed by atoms with Crippen molar-refractivity contribution >= 4 is 15.9 Å². The Bertz CT molecular complexity index is 486. The van der Waals surface area contributed by atoms with E-state index < -0.39 is 0 Å². The highest BCUT2D eigenvalue weighted by Gasteiger charge is 2.40. The molecule has 3 rings (SSSR count). The van der Waals surface area contributed by atoms with Crippen LogP contribution >= 0.6 is 15.9 Å². The molecule has 0 atom stereocenters. The molecule has 21 heavy (non-hydrogen) atoms. The van der Waals surface area contributed by atoms with Crippen molar-refractivity contribution in [3.63, 3.8) is 0 Å². The van der Waals surface area contributed by atoms with Gasteiger partial charge in [0.1, 0.15) is 0 Å². The molecule has 3 nitrogen and oxygen atoms in total. The minimum absolute atomic E-state index is 0.637. The van der Waals surface area contributed by atoms with Gasteiger partial charge in [0.05, 0.1) is 18.2 Å². The minimum Gasteiger partial charge on any atom is -0.493 e. The molecule has 0 radical (unpaired) electrons. The molecule has 2 fully saturated rings. The van der Waals surface area contributed by atoms with Crippen molar-refractivity contribution in [1.29, 1.82) is 0 Å². The average Bonchev–Trinajstić information content (AvgIpc) is 3.35. The lowest BCUT2D eigenvalue weighted by Crippen LogP contribution is -2.32. The molecule has 1 N–H and O–H groups in total. The molecule has 0 bridgehead atoms. The second kappa shape index (κ2) is 6.57. The average molecular weight is 354 g/mol. The predicted octanol–water partition coefficient (Wildman–Crippen LogP) is 4.13. The largest absolute Gasteiger partial charge is 0.493 e. The highest BCUT2D eigenvalue weighted by molar-refractivity contribution is 9.10. The van der Waals surface area contributed by atoms with Gasteiger partial charge in [-0.15, -0.1) is 0 Å². The monoisotopic (exact) mass is 353 g/mol. The van der Waals surface area contributed by atoms with Crippen molar-refractivity contribution in [1.82, 2.24) is 5.32 Å². The molecule has 1 aromatic carbocycles. The molecule has 0 spiro atoms. The van der Waals surface area contributed by atoms with Crippen LogP contribution < -0.4 is 14.8 Å². The Morgan fingerprint density at radius 1 is 1.24 bits per heavy atom. The van der Waals surface area contributed by atoms with E-state index in [-0.39, 0.29) is 0 Å². The summed E-state index contributed by atoms with van der Waals surface area (Å²) in [5.41, 5.74) is 1.24. The molecule has 2 aliphatic carbocycles. The second-order valence-corrected chi connectivity index (χ2v) is 6.98. The molecule has 2 saturated carbocycles. The van der Waals surface area contributed by atoms with Crippen molar-refractivity contribution < 1.29 is 9.47 Å². The SMILES string of the molecule is CCOc1c(Br)cc(CNC(C2CC2)C2CC2)cc1OC. The van der Waals surface area contributed by atoms with Crippen LogP contribution in [0.3, 0.4) is 0 Å². The zero-order valence-electron chi connectivity index (χ0n) is 12.8. The number of methoxy groups -OCH3 is 1. The standard InChI is InChI=1S/C17H24BrNO2/c1-3-21-17-14(18)8-11(9-15(17)20-2)10-19-16(12-4-5-12)13-6-7-13/h8-9,12-13,16,19H,3-7,10H2,1-2H3. The van der Waals surface area contributed by atoms with Gasteiger partial charge >= 0.3 is 0 Å². The van der Waals surface area contributed by atoms with Crippen LogP contribution in [0.2, 0.25) is 0 Å². The lowest BCUT2D eigenvalue weighted by atomic mass is 10.1. The fourth-order valence-electron chi connectivity index (χ4n) is 3.02. The number of halogens is 1. The van der Waals surface area contributed by atoms with E-state index in [0.29, 0.717) is 6.61 Å². The quantitative estimate of drug-likeness (QED) is 0.761. The van der Waals surface area contributed by atoms with Crippen LogP contribution in [0.25, 0.3) is 0 Å². The number of hydrogen-bond donors (Lipinski definition) is 1. The van der Waals surface area contributed by atoms with Crippen molar-refractivity contribution in [3.05, 3.63) is 22.2 Å². The number of benzene rings is 1. The molecule has 0 unspecified atom stereocenters. The third-order valence-corrected chi connectivity index (χ3v) is 4.97. The number of ether oxygens (including phenoxy) is 2. The van der Waals surface area contributed by atoms with Gasteiger partial charge in [0.15, 0.2) is 11.5 Å². The smallest absolute Gasteiger partial charge is 0.175 e. The van der Waals surface area contributed by atoms with Crippen LogP contribution in [-0.2, 0) is 6.54 Å². The van der Waals surface area contributed by atoms with Gasteiger partial charge in [-0.3, -0.25) is 0 Å². The molecule has 116 valence electrons. The molecular formula is C17H24BrNO2. The van der Waals surface area contributed by atoms with Gasteiger partial charge in [-0.1, -0.05) is 0 Å². The van der Waals surface area contributed by atoms with Gasteiger partial charge in [0, 0.05) is 12.6 Å². The molecular weight excluding hydrogens is 330 g/mol. The van der Waals surface area contributed by atoms with Gasteiger partial charge in [-0.25, -0.2) is 0 Å². The topological polar surface area (TPSA) is 30.5 Å². The van der Waals surface area contributed by atoms with E-state index in [1.165, 1.54) is 31.2 Å². The van der Waals surface area contributed by atoms with Crippen LogP contribution in [0.1, 0.15) is 38.2 Å². The highest BCUT2D eigenvalue weighted by Crippen LogP contribution is 2.44. The van der Waals surface area contributed by atoms with E-state index in [0.717, 1.165) is 40.4 Å². The summed E-state index contributed by atoms with van der Waals surface area (Å²) in [7, 11) is 1.69. The van der Waals surface area contributed by atoms with E-state index in [2.05, 4.69) is 33.4 Å². The Morgan fingerprint density at radius 3 is 2.43 bits per heavy atom. The van der Waals surface area contributed by atoms with Gasteiger partial charge < -0.3 is 14.8 Å². The molecule has 1 aromatic rings. The van der Waals surface area contributed by atoms with Crippen molar-refractivity contribution in [2.75, 3.05) is 13.7 Å². The summed E-state index contributed by atoms with van der Waals surface area (Å²) in [4.78, 5) is 0. The van der Waals surface area contributed by atoms with Crippen molar-refractivity contribution in [2.24, 2.45) is 11.8 Å². The summed E-state index contributed by atoms with van der Waals surface area (Å²) in [6.07, 6.45) is 5.63. The predicted molar refractivity (Wildman–Crippen MR) is 87.9 cm³/mol. The Hall–Kier alpha value is -0.740. The maximum absolute atomic E-state index is 5.64. The Kier molecular flexibility index (Phi) is 4.75. The highest BCUT2D eigenvalue weighted by atomic mass is 79.9. The normalized spacial score (nSPS) is 18.1. The van der Waals surface area contributed by atoms with Crippen molar-refractivity contribution in [2.45, 2.75) is 45.2 Å². The molecule has 0 amide bonds. The zero-order chi connectivity index (χ0) is 14.8. The second-order valence-electron chi connectivity index (χ2n) is 6.12. The Labute approximate surface area is 135 Å².